The van der Waals surface area contributed by atoms with Gasteiger partial charge in [-0.1, -0.05) is 78.9 Å². The summed E-state index contributed by atoms with van der Waals surface area (Å²) in [5.74, 6) is -2.57. The van der Waals surface area contributed by atoms with E-state index in [0.29, 0.717) is 12.8 Å². The zero-order valence-electron chi connectivity index (χ0n) is 18.3. The number of hydrogen-bond acceptors (Lipinski definition) is 4. The van der Waals surface area contributed by atoms with E-state index in [-0.39, 0.29) is 24.9 Å². The first-order chi connectivity index (χ1) is 16.0. The third-order valence-electron chi connectivity index (χ3n) is 7.36. The van der Waals surface area contributed by atoms with Crippen molar-refractivity contribution < 1.29 is 19.4 Å². The van der Waals surface area contributed by atoms with Gasteiger partial charge in [0.25, 0.3) is 0 Å². The molecule has 1 saturated carbocycles. The monoisotopic (exact) mass is 441 g/mol. The highest BCUT2D eigenvalue weighted by molar-refractivity contribution is 5.88. The molecule has 0 bridgehead atoms. The van der Waals surface area contributed by atoms with Crippen molar-refractivity contribution in [3.8, 4) is 11.1 Å². The van der Waals surface area contributed by atoms with Crippen LogP contribution in [0.2, 0.25) is 0 Å². The quantitative estimate of drug-likeness (QED) is 0.560. The topological polar surface area (TPSA) is 89.6 Å². The van der Waals surface area contributed by atoms with Crippen LogP contribution >= 0.6 is 0 Å². The maximum atomic E-state index is 13.3. The summed E-state index contributed by atoms with van der Waals surface area (Å²) >= 11 is 0. The van der Waals surface area contributed by atoms with Gasteiger partial charge in [-0.25, -0.2) is 0 Å². The summed E-state index contributed by atoms with van der Waals surface area (Å²) in [7, 11) is 0. The highest BCUT2D eigenvalue weighted by Gasteiger charge is 2.51. The molecule has 0 spiro atoms. The Hall–Kier alpha value is -3.44. The fourth-order valence-corrected chi connectivity index (χ4v) is 5.50. The molecule has 2 aliphatic rings. The number of esters is 1. The van der Waals surface area contributed by atoms with Crippen LogP contribution in [0.15, 0.2) is 78.9 Å². The fraction of sp³-hybridized carbons (Fsp3) is 0.286. The van der Waals surface area contributed by atoms with Crippen LogP contribution in [0.25, 0.3) is 11.1 Å². The Bertz CT molecular complexity index is 1150. The van der Waals surface area contributed by atoms with Crippen LogP contribution in [0.4, 0.5) is 0 Å². The Morgan fingerprint density at radius 2 is 1.48 bits per heavy atom. The minimum absolute atomic E-state index is 0.0766. The van der Waals surface area contributed by atoms with Gasteiger partial charge in [-0.05, 0) is 53.0 Å². The molecule has 5 rings (SSSR count). The van der Waals surface area contributed by atoms with Crippen LogP contribution in [0.5, 0.6) is 0 Å². The predicted molar refractivity (Wildman–Crippen MR) is 126 cm³/mol. The number of aliphatic carboxylic acids is 1. The lowest BCUT2D eigenvalue weighted by molar-refractivity contribution is -0.162. The van der Waals surface area contributed by atoms with Gasteiger partial charge in [-0.2, -0.15) is 0 Å². The minimum atomic E-state index is -1.62. The van der Waals surface area contributed by atoms with Gasteiger partial charge in [0.1, 0.15) is 12.1 Å². The molecule has 168 valence electrons. The van der Waals surface area contributed by atoms with E-state index < -0.39 is 23.4 Å². The van der Waals surface area contributed by atoms with E-state index >= 15 is 0 Å². The predicted octanol–water partition coefficient (Wildman–Crippen LogP) is 4.71. The van der Waals surface area contributed by atoms with Crippen molar-refractivity contribution in [2.24, 2.45) is 11.7 Å². The number of carboxylic acid groups (broad SMARTS) is 1. The summed E-state index contributed by atoms with van der Waals surface area (Å²) in [4.78, 5) is 25.4. The summed E-state index contributed by atoms with van der Waals surface area (Å²) in [6.07, 6.45) is 1.22. The Morgan fingerprint density at radius 1 is 0.909 bits per heavy atom. The van der Waals surface area contributed by atoms with Gasteiger partial charge in [0.2, 0.25) is 0 Å². The van der Waals surface area contributed by atoms with Crippen molar-refractivity contribution in [2.45, 2.75) is 36.6 Å². The molecule has 0 saturated heterocycles. The molecule has 0 heterocycles. The van der Waals surface area contributed by atoms with Crippen LogP contribution < -0.4 is 5.73 Å². The average Bonchev–Trinajstić information content (AvgIpc) is 3.17. The van der Waals surface area contributed by atoms with E-state index in [2.05, 4.69) is 24.3 Å². The third-order valence-corrected chi connectivity index (χ3v) is 7.36. The summed E-state index contributed by atoms with van der Waals surface area (Å²) in [6.45, 7) is 0.162. The Balaban J connectivity index is 1.38. The standard InChI is InChI=1S/C28H27NO4/c29-28(27(31)32)15-14-19(18-8-2-1-3-9-18)16-25(28)26(30)33-17-24-22-12-6-4-10-20(22)21-11-5-7-13-23(21)24/h1-13,19,24-25H,14-17,29H2,(H,31,32). The number of rotatable bonds is 5. The first-order valence-electron chi connectivity index (χ1n) is 11.4. The van der Waals surface area contributed by atoms with Crippen molar-refractivity contribution in [3.63, 3.8) is 0 Å². The number of fused-ring (bicyclic) bond motifs is 3. The van der Waals surface area contributed by atoms with Crippen LogP contribution in [0.3, 0.4) is 0 Å². The smallest absolute Gasteiger partial charge is 0.324 e. The molecule has 3 atom stereocenters. The summed E-state index contributed by atoms with van der Waals surface area (Å²) in [5, 5.41) is 9.88. The molecule has 0 aliphatic heterocycles. The zero-order valence-corrected chi connectivity index (χ0v) is 18.3. The lowest BCUT2D eigenvalue weighted by atomic mass is 9.67. The molecule has 0 aromatic heterocycles. The molecule has 3 N–H and O–H groups in total. The van der Waals surface area contributed by atoms with Crippen LogP contribution in [-0.2, 0) is 14.3 Å². The lowest BCUT2D eigenvalue weighted by Gasteiger charge is -2.40. The van der Waals surface area contributed by atoms with Gasteiger partial charge in [0.05, 0.1) is 5.92 Å². The van der Waals surface area contributed by atoms with E-state index in [1.807, 2.05) is 54.6 Å². The second-order valence-electron chi connectivity index (χ2n) is 9.14. The van der Waals surface area contributed by atoms with Gasteiger partial charge >= 0.3 is 11.9 Å². The molecule has 3 unspecified atom stereocenters. The molecule has 3 aromatic carbocycles. The highest BCUT2D eigenvalue weighted by Crippen LogP contribution is 2.45. The number of carboxylic acids is 1. The highest BCUT2D eigenvalue weighted by atomic mass is 16.5. The molecule has 0 amide bonds. The maximum Gasteiger partial charge on any atom is 0.324 e. The van der Waals surface area contributed by atoms with Crippen LogP contribution in [0, 0.1) is 5.92 Å². The normalized spacial score (nSPS) is 24.0. The van der Waals surface area contributed by atoms with Gasteiger partial charge in [-0.15, -0.1) is 0 Å². The van der Waals surface area contributed by atoms with Gasteiger partial charge in [-0.3, -0.25) is 9.59 Å². The fourth-order valence-electron chi connectivity index (χ4n) is 5.50. The molecule has 0 radical (unpaired) electrons. The minimum Gasteiger partial charge on any atom is -0.480 e. The van der Waals surface area contributed by atoms with Crippen molar-refractivity contribution in [1.29, 1.82) is 0 Å². The zero-order chi connectivity index (χ0) is 23.0. The second kappa shape index (κ2) is 8.49. The second-order valence-corrected chi connectivity index (χ2v) is 9.14. The molecule has 2 aliphatic carbocycles. The van der Waals surface area contributed by atoms with Crippen molar-refractivity contribution in [3.05, 3.63) is 95.6 Å². The molecule has 5 nitrogen and oxygen atoms in total. The number of nitrogens with two attached hydrogens (primary N) is 1. The number of ether oxygens (including phenoxy) is 1. The largest absolute Gasteiger partial charge is 0.480 e. The third kappa shape index (κ3) is 3.72. The van der Waals surface area contributed by atoms with Gasteiger partial charge < -0.3 is 15.6 Å². The van der Waals surface area contributed by atoms with E-state index in [9.17, 15) is 14.7 Å². The van der Waals surface area contributed by atoms with Crippen LogP contribution in [-0.4, -0.2) is 29.2 Å². The Morgan fingerprint density at radius 3 is 2.09 bits per heavy atom. The van der Waals surface area contributed by atoms with E-state index in [1.165, 1.54) is 0 Å². The van der Waals surface area contributed by atoms with Crippen LogP contribution in [0.1, 0.15) is 47.8 Å². The average molecular weight is 442 g/mol. The van der Waals surface area contributed by atoms with E-state index in [0.717, 1.165) is 27.8 Å². The number of hydrogen-bond donors (Lipinski definition) is 2. The lowest BCUT2D eigenvalue weighted by Crippen LogP contribution is -2.59. The number of benzene rings is 3. The van der Waals surface area contributed by atoms with Gasteiger partial charge in [0, 0.05) is 5.92 Å². The van der Waals surface area contributed by atoms with E-state index in [1.54, 1.807) is 0 Å². The summed E-state index contributed by atoms with van der Waals surface area (Å²) in [5.41, 5.74) is 10.3. The first-order valence-corrected chi connectivity index (χ1v) is 11.4. The Labute approximate surface area is 193 Å². The summed E-state index contributed by atoms with van der Waals surface area (Å²) < 4.78 is 5.83. The van der Waals surface area contributed by atoms with Gasteiger partial charge in [0.15, 0.2) is 0 Å². The van der Waals surface area contributed by atoms with E-state index in [4.69, 9.17) is 10.5 Å². The molecular weight excluding hydrogens is 414 g/mol. The van der Waals surface area contributed by atoms with Crippen molar-refractivity contribution in [1.82, 2.24) is 0 Å². The first kappa shape index (κ1) is 21.4. The molecule has 1 fully saturated rings. The molecule has 33 heavy (non-hydrogen) atoms. The number of carbonyl (C=O) groups is 2. The summed E-state index contributed by atoms with van der Waals surface area (Å²) in [6, 6.07) is 26.2. The molecular formula is C28H27NO4. The number of carbonyl (C=O) groups excluding carboxylic acids is 1. The molecule has 3 aromatic rings. The maximum absolute atomic E-state index is 13.3. The Kier molecular flexibility index (Phi) is 5.51. The SMILES string of the molecule is NC1(C(=O)O)CCC(c2ccccc2)CC1C(=O)OCC1c2ccccc2-c2ccccc21. The molecule has 5 heteroatoms. The van der Waals surface area contributed by atoms with Crippen molar-refractivity contribution in [2.75, 3.05) is 6.61 Å². The van der Waals surface area contributed by atoms with Crippen molar-refractivity contribution >= 4 is 11.9 Å².